The summed E-state index contributed by atoms with van der Waals surface area (Å²) in [5.41, 5.74) is -0.398. The highest BCUT2D eigenvalue weighted by Gasteiger charge is 2.22. The van der Waals surface area contributed by atoms with E-state index in [-0.39, 0.29) is 27.8 Å². The Bertz CT molecular complexity index is 881. The number of benzene rings is 2. The van der Waals surface area contributed by atoms with Crippen LogP contribution in [0.15, 0.2) is 41.3 Å². The number of nitrogens with one attached hydrogen (secondary N) is 1. The zero-order chi connectivity index (χ0) is 17.9. The Morgan fingerprint density at radius 1 is 1.08 bits per heavy atom. The first kappa shape index (κ1) is 17.3. The maximum absolute atomic E-state index is 12.4. The van der Waals surface area contributed by atoms with Gasteiger partial charge in [-0.2, -0.15) is 0 Å². The lowest BCUT2D eigenvalue weighted by Crippen LogP contribution is -2.13. The quantitative estimate of drug-likeness (QED) is 0.600. The number of hydrogen-bond acceptors (Lipinski definition) is 7. The highest BCUT2D eigenvalue weighted by atomic mass is 32.2. The molecular weight excluding hydrogens is 340 g/mol. The van der Waals surface area contributed by atoms with Crippen molar-refractivity contribution in [1.82, 2.24) is 0 Å². The van der Waals surface area contributed by atoms with E-state index in [1.165, 1.54) is 38.5 Å². The number of nitrogens with zero attached hydrogens (tertiary/aromatic N) is 1. The van der Waals surface area contributed by atoms with Gasteiger partial charge in [0.25, 0.3) is 10.0 Å². The second kappa shape index (κ2) is 6.62. The van der Waals surface area contributed by atoms with E-state index in [2.05, 4.69) is 4.72 Å². The molecule has 0 bridgehead atoms. The summed E-state index contributed by atoms with van der Waals surface area (Å²) >= 11 is 0. The Balaban J connectivity index is 2.39. The van der Waals surface area contributed by atoms with Crippen molar-refractivity contribution < 1.29 is 27.9 Å². The minimum Gasteiger partial charge on any atom is -0.504 e. The van der Waals surface area contributed by atoms with Crippen LogP contribution >= 0.6 is 0 Å². The standard InChI is InChI=1S/C14H14N2O7S/c1-22-13-6-4-10(8-11(13)16(18)19)24(20,21)15-9-3-5-14(23-2)12(17)7-9/h3-8,15,17H,1-2H3. The van der Waals surface area contributed by atoms with Crippen LogP contribution in [0.3, 0.4) is 0 Å². The average Bonchev–Trinajstić information content (AvgIpc) is 2.54. The van der Waals surface area contributed by atoms with Gasteiger partial charge in [-0.1, -0.05) is 0 Å². The molecule has 0 radical (unpaired) electrons. The number of sulfonamides is 1. The van der Waals surface area contributed by atoms with Gasteiger partial charge in [-0.15, -0.1) is 0 Å². The maximum Gasteiger partial charge on any atom is 0.312 e. The average molecular weight is 354 g/mol. The van der Waals surface area contributed by atoms with Gasteiger partial charge in [0.15, 0.2) is 17.2 Å². The molecule has 2 rings (SSSR count). The molecule has 0 spiro atoms. The first-order valence-corrected chi connectivity index (χ1v) is 7.99. The van der Waals surface area contributed by atoms with Gasteiger partial charge < -0.3 is 14.6 Å². The SMILES string of the molecule is COc1ccc(NS(=O)(=O)c2ccc(OC)c([N+](=O)[O-])c2)cc1O. The highest BCUT2D eigenvalue weighted by molar-refractivity contribution is 7.92. The summed E-state index contributed by atoms with van der Waals surface area (Å²) in [6.07, 6.45) is 0. The highest BCUT2D eigenvalue weighted by Crippen LogP contribution is 2.32. The predicted molar refractivity (Wildman–Crippen MR) is 85.1 cm³/mol. The number of anilines is 1. The van der Waals surface area contributed by atoms with Crippen LogP contribution in [0, 0.1) is 10.1 Å². The number of phenolic OH excluding ortho intramolecular Hbond substituents is 1. The van der Waals surface area contributed by atoms with Crippen LogP contribution < -0.4 is 14.2 Å². The first-order chi connectivity index (χ1) is 11.3. The molecule has 10 heteroatoms. The molecule has 0 amide bonds. The summed E-state index contributed by atoms with van der Waals surface area (Å²) in [4.78, 5) is 9.94. The monoisotopic (exact) mass is 354 g/mol. The van der Waals surface area contributed by atoms with E-state index in [1.807, 2.05) is 0 Å². The molecule has 0 aliphatic heterocycles. The van der Waals surface area contributed by atoms with Crippen molar-refractivity contribution in [3.63, 3.8) is 0 Å². The van der Waals surface area contributed by atoms with Crippen molar-refractivity contribution in [2.24, 2.45) is 0 Å². The van der Waals surface area contributed by atoms with E-state index in [9.17, 15) is 23.6 Å². The molecule has 24 heavy (non-hydrogen) atoms. The van der Waals surface area contributed by atoms with E-state index in [1.54, 1.807) is 0 Å². The fourth-order valence-corrected chi connectivity index (χ4v) is 3.02. The van der Waals surface area contributed by atoms with Gasteiger partial charge in [0.05, 0.1) is 29.7 Å². The van der Waals surface area contributed by atoms with Crippen LogP contribution in [0.25, 0.3) is 0 Å². The topological polar surface area (TPSA) is 128 Å². The van der Waals surface area contributed by atoms with Gasteiger partial charge in [0.1, 0.15) is 0 Å². The molecule has 0 saturated heterocycles. The van der Waals surface area contributed by atoms with Crippen LogP contribution in [-0.2, 0) is 10.0 Å². The minimum atomic E-state index is -4.09. The molecule has 0 aliphatic rings. The third-order valence-corrected chi connectivity index (χ3v) is 4.47. The lowest BCUT2D eigenvalue weighted by Gasteiger charge is -2.10. The van der Waals surface area contributed by atoms with Crippen LogP contribution in [0.2, 0.25) is 0 Å². The van der Waals surface area contributed by atoms with E-state index < -0.39 is 20.6 Å². The second-order valence-corrected chi connectivity index (χ2v) is 6.27. The smallest absolute Gasteiger partial charge is 0.312 e. The molecule has 0 atom stereocenters. The molecule has 0 unspecified atom stereocenters. The van der Waals surface area contributed by atoms with E-state index >= 15 is 0 Å². The molecule has 0 aliphatic carbocycles. The van der Waals surface area contributed by atoms with Gasteiger partial charge in [0.2, 0.25) is 0 Å². The molecule has 2 aromatic rings. The Morgan fingerprint density at radius 2 is 1.71 bits per heavy atom. The third kappa shape index (κ3) is 3.49. The fourth-order valence-electron chi connectivity index (χ4n) is 1.95. The number of nitro groups is 1. The number of methoxy groups -OCH3 is 2. The van der Waals surface area contributed by atoms with Crippen molar-refractivity contribution in [1.29, 1.82) is 0 Å². The molecule has 128 valence electrons. The van der Waals surface area contributed by atoms with Gasteiger partial charge in [-0.3, -0.25) is 14.8 Å². The molecule has 0 aromatic heterocycles. The molecule has 0 fully saturated rings. The third-order valence-electron chi connectivity index (χ3n) is 3.09. The lowest BCUT2D eigenvalue weighted by molar-refractivity contribution is -0.386. The van der Waals surface area contributed by atoms with Crippen molar-refractivity contribution >= 4 is 21.4 Å². The number of nitro benzene ring substituents is 1. The summed E-state index contributed by atoms with van der Waals surface area (Å²) in [6, 6.07) is 7.19. The molecule has 2 N–H and O–H groups in total. The summed E-state index contributed by atoms with van der Waals surface area (Å²) < 4.78 is 36.6. The van der Waals surface area contributed by atoms with Gasteiger partial charge in [-0.25, -0.2) is 8.42 Å². The van der Waals surface area contributed by atoms with E-state index in [4.69, 9.17) is 9.47 Å². The number of hydrogen-bond donors (Lipinski definition) is 2. The maximum atomic E-state index is 12.4. The minimum absolute atomic E-state index is 0.0546. The molecule has 0 saturated carbocycles. The first-order valence-electron chi connectivity index (χ1n) is 6.50. The molecule has 0 heterocycles. The molecular formula is C14H14N2O7S. The number of ether oxygens (including phenoxy) is 2. The van der Waals surface area contributed by atoms with Crippen LogP contribution in [-0.4, -0.2) is 32.7 Å². The number of rotatable bonds is 6. The van der Waals surface area contributed by atoms with E-state index in [0.717, 1.165) is 12.1 Å². The van der Waals surface area contributed by atoms with Gasteiger partial charge >= 0.3 is 5.69 Å². The van der Waals surface area contributed by atoms with Crippen LogP contribution in [0.1, 0.15) is 0 Å². The van der Waals surface area contributed by atoms with Crippen molar-refractivity contribution in [3.8, 4) is 17.2 Å². The van der Waals surface area contributed by atoms with Gasteiger partial charge in [0, 0.05) is 12.1 Å². The van der Waals surface area contributed by atoms with Crippen molar-refractivity contribution in [3.05, 3.63) is 46.5 Å². The summed E-state index contributed by atoms with van der Waals surface area (Å²) in [6.45, 7) is 0. The molecule has 9 nitrogen and oxygen atoms in total. The number of aromatic hydroxyl groups is 1. The zero-order valence-electron chi connectivity index (χ0n) is 12.7. The Labute approximate surface area is 137 Å². The fraction of sp³-hybridized carbons (Fsp3) is 0.143. The summed E-state index contributed by atoms with van der Waals surface area (Å²) in [5.74, 6) is -0.127. The summed E-state index contributed by atoms with van der Waals surface area (Å²) in [5, 5.41) is 20.7. The zero-order valence-corrected chi connectivity index (χ0v) is 13.5. The van der Waals surface area contributed by atoms with E-state index in [0.29, 0.717) is 0 Å². The molecule has 2 aromatic carbocycles. The Morgan fingerprint density at radius 3 is 2.25 bits per heavy atom. The van der Waals surface area contributed by atoms with Crippen LogP contribution in [0.5, 0.6) is 17.2 Å². The Hall–Kier alpha value is -3.01. The van der Waals surface area contributed by atoms with Crippen LogP contribution in [0.4, 0.5) is 11.4 Å². The normalized spacial score (nSPS) is 10.9. The lowest BCUT2D eigenvalue weighted by atomic mass is 10.3. The number of phenols is 1. The largest absolute Gasteiger partial charge is 0.504 e. The van der Waals surface area contributed by atoms with Crippen molar-refractivity contribution in [2.75, 3.05) is 18.9 Å². The van der Waals surface area contributed by atoms with Gasteiger partial charge in [-0.05, 0) is 24.3 Å². The summed E-state index contributed by atoms with van der Waals surface area (Å²) in [7, 11) is -1.49. The predicted octanol–water partition coefficient (Wildman–Crippen LogP) is 2.12. The van der Waals surface area contributed by atoms with Crippen molar-refractivity contribution in [2.45, 2.75) is 4.90 Å². The second-order valence-electron chi connectivity index (χ2n) is 4.58. The Kier molecular flexibility index (Phi) is 4.79.